The van der Waals surface area contributed by atoms with Gasteiger partial charge in [0.15, 0.2) is 0 Å². The van der Waals surface area contributed by atoms with E-state index in [2.05, 4.69) is 10.6 Å². The number of anilines is 2. The summed E-state index contributed by atoms with van der Waals surface area (Å²) in [5.74, 6) is -3.40. The van der Waals surface area contributed by atoms with Crippen LogP contribution in [0.3, 0.4) is 0 Å². The number of carboxylic acids is 2. The predicted octanol–water partition coefficient (Wildman–Crippen LogP) is 4.68. The van der Waals surface area contributed by atoms with Gasteiger partial charge in [0.05, 0.1) is 22.4 Å². The minimum Gasteiger partial charge on any atom is -0.478 e. The molecule has 0 saturated carbocycles. The fourth-order valence-corrected chi connectivity index (χ4v) is 3.87. The third-order valence-corrected chi connectivity index (χ3v) is 5.86. The van der Waals surface area contributed by atoms with Crippen LogP contribution in [0.25, 0.3) is 0 Å². The van der Waals surface area contributed by atoms with Crippen molar-refractivity contribution in [1.82, 2.24) is 0 Å². The molecule has 0 fully saturated rings. The van der Waals surface area contributed by atoms with Crippen LogP contribution in [0.4, 0.5) is 11.4 Å². The van der Waals surface area contributed by atoms with Crippen molar-refractivity contribution < 1.29 is 29.4 Å². The molecule has 0 bridgehead atoms. The number of hydrogen-bond acceptors (Lipinski definition) is 5. The number of carbonyl (C=O) groups excluding carboxylic acids is 2. The number of amides is 2. The molecule has 9 heteroatoms. The number of benzene rings is 3. The number of carbonyl (C=O) groups is 4. The fourth-order valence-electron chi connectivity index (χ4n) is 3.12. The fraction of sp³-hybridized carbons (Fsp3) is 0.120. The molecule has 3 rings (SSSR count). The van der Waals surface area contributed by atoms with E-state index >= 15 is 0 Å². The maximum atomic E-state index is 12.7. The number of thioether (sulfide) groups is 1. The summed E-state index contributed by atoms with van der Waals surface area (Å²) in [5, 5.41) is 23.9. The van der Waals surface area contributed by atoms with Crippen molar-refractivity contribution >= 4 is 46.9 Å². The van der Waals surface area contributed by atoms with Crippen LogP contribution in [0.15, 0.2) is 65.6 Å². The summed E-state index contributed by atoms with van der Waals surface area (Å²) < 4.78 is 0. The maximum absolute atomic E-state index is 12.7. The molecule has 0 saturated heterocycles. The highest BCUT2D eigenvalue weighted by Gasteiger charge is 2.19. The zero-order valence-corrected chi connectivity index (χ0v) is 19.2. The average molecular weight is 479 g/mol. The van der Waals surface area contributed by atoms with Crippen LogP contribution in [0, 0.1) is 13.8 Å². The molecule has 0 aliphatic rings. The van der Waals surface area contributed by atoms with Crippen molar-refractivity contribution in [3.05, 3.63) is 88.5 Å². The van der Waals surface area contributed by atoms with Gasteiger partial charge in [-0.2, -0.15) is 0 Å². The van der Waals surface area contributed by atoms with E-state index in [9.17, 15) is 24.3 Å². The lowest BCUT2D eigenvalue weighted by Crippen LogP contribution is -2.17. The molecule has 4 N–H and O–H groups in total. The Balaban J connectivity index is 1.67. The summed E-state index contributed by atoms with van der Waals surface area (Å²) in [5.41, 5.74) is 2.37. The number of hydrogen-bond donors (Lipinski definition) is 4. The van der Waals surface area contributed by atoms with Crippen LogP contribution in [0.1, 0.15) is 42.2 Å². The largest absolute Gasteiger partial charge is 0.478 e. The van der Waals surface area contributed by atoms with Gasteiger partial charge in [-0.1, -0.05) is 18.2 Å². The molecule has 3 aromatic carbocycles. The van der Waals surface area contributed by atoms with Gasteiger partial charge in [0, 0.05) is 16.3 Å². The summed E-state index contributed by atoms with van der Waals surface area (Å²) in [6.45, 7) is 3.86. The second-order valence-electron chi connectivity index (χ2n) is 7.51. The van der Waals surface area contributed by atoms with E-state index in [1.54, 1.807) is 24.3 Å². The Morgan fingerprint density at radius 2 is 1.59 bits per heavy atom. The zero-order chi connectivity index (χ0) is 24.8. The molecular weight excluding hydrogens is 456 g/mol. The molecule has 0 heterocycles. The summed E-state index contributed by atoms with van der Waals surface area (Å²) in [7, 11) is 0. The SMILES string of the molecule is Cc1ccc(C)c(NC(=O)CSc2cccc(NC(=O)c3ccc(C(=O)O)cc3C(=O)O)c2)c1. The van der Waals surface area contributed by atoms with Crippen LogP contribution in [-0.2, 0) is 4.79 Å². The van der Waals surface area contributed by atoms with Crippen molar-refractivity contribution in [2.75, 3.05) is 16.4 Å². The van der Waals surface area contributed by atoms with Gasteiger partial charge >= 0.3 is 11.9 Å². The first kappa shape index (κ1) is 24.5. The lowest BCUT2D eigenvalue weighted by molar-refractivity contribution is -0.113. The van der Waals surface area contributed by atoms with E-state index in [0.29, 0.717) is 5.69 Å². The van der Waals surface area contributed by atoms with Crippen LogP contribution in [0.5, 0.6) is 0 Å². The minimum absolute atomic E-state index is 0.157. The Morgan fingerprint density at radius 3 is 2.29 bits per heavy atom. The summed E-state index contributed by atoms with van der Waals surface area (Å²) >= 11 is 1.29. The standard InChI is InChI=1S/C25H22N2O6S/c1-14-6-7-15(2)21(10-14)27-22(28)13-34-18-5-3-4-17(12-18)26-23(29)19-9-8-16(24(30)31)11-20(19)25(32)33/h3-12H,13H2,1-2H3,(H,26,29)(H,27,28)(H,30,31)(H,32,33). The molecule has 174 valence electrons. The molecule has 0 aromatic heterocycles. The molecule has 0 atom stereocenters. The summed E-state index contributed by atoms with van der Waals surface area (Å²) in [4.78, 5) is 48.4. The van der Waals surface area contributed by atoms with Crippen molar-refractivity contribution in [2.24, 2.45) is 0 Å². The molecule has 0 radical (unpaired) electrons. The Labute approximate surface area is 200 Å². The topological polar surface area (TPSA) is 133 Å². The van der Waals surface area contributed by atoms with Crippen LogP contribution in [0.2, 0.25) is 0 Å². The van der Waals surface area contributed by atoms with Crippen LogP contribution < -0.4 is 10.6 Å². The van der Waals surface area contributed by atoms with Crippen molar-refractivity contribution in [2.45, 2.75) is 18.7 Å². The second kappa shape index (κ2) is 10.7. The first-order chi connectivity index (χ1) is 16.1. The Hall–Kier alpha value is -4.11. The summed E-state index contributed by atoms with van der Waals surface area (Å²) in [6.07, 6.45) is 0. The quantitative estimate of drug-likeness (QED) is 0.345. The first-order valence-electron chi connectivity index (χ1n) is 10.2. The molecule has 0 aliphatic carbocycles. The molecule has 0 aliphatic heterocycles. The monoisotopic (exact) mass is 478 g/mol. The van der Waals surface area contributed by atoms with Crippen molar-refractivity contribution in [1.29, 1.82) is 0 Å². The van der Waals surface area contributed by atoms with Gasteiger partial charge in [-0.05, 0) is 67.4 Å². The molecule has 8 nitrogen and oxygen atoms in total. The van der Waals surface area contributed by atoms with Crippen LogP contribution in [-0.4, -0.2) is 39.7 Å². The smallest absolute Gasteiger partial charge is 0.336 e. The average Bonchev–Trinajstić information content (AvgIpc) is 2.80. The number of nitrogens with one attached hydrogen (secondary N) is 2. The molecule has 3 aromatic rings. The van der Waals surface area contributed by atoms with E-state index in [1.165, 1.54) is 23.9 Å². The minimum atomic E-state index is -1.41. The van der Waals surface area contributed by atoms with E-state index in [4.69, 9.17) is 5.11 Å². The third kappa shape index (κ3) is 6.23. The number of carboxylic acid groups (broad SMARTS) is 2. The lowest BCUT2D eigenvalue weighted by atomic mass is 10.0. The second-order valence-corrected chi connectivity index (χ2v) is 8.56. The van der Waals surface area contributed by atoms with Crippen molar-refractivity contribution in [3.63, 3.8) is 0 Å². The first-order valence-corrected chi connectivity index (χ1v) is 11.1. The van der Waals surface area contributed by atoms with E-state index in [1.807, 2.05) is 32.0 Å². The van der Waals surface area contributed by atoms with Crippen LogP contribution >= 0.6 is 11.8 Å². The van der Waals surface area contributed by atoms with Gasteiger partial charge in [-0.25, -0.2) is 9.59 Å². The number of aromatic carboxylic acids is 2. The summed E-state index contributed by atoms with van der Waals surface area (Å²) in [6, 6.07) is 15.9. The van der Waals surface area contributed by atoms with E-state index in [-0.39, 0.29) is 22.8 Å². The van der Waals surface area contributed by atoms with Gasteiger partial charge in [0.2, 0.25) is 5.91 Å². The maximum Gasteiger partial charge on any atom is 0.336 e. The third-order valence-electron chi connectivity index (χ3n) is 4.87. The Bertz CT molecular complexity index is 1290. The number of rotatable bonds is 8. The van der Waals surface area contributed by atoms with Gasteiger partial charge in [-0.15, -0.1) is 11.8 Å². The van der Waals surface area contributed by atoms with E-state index in [0.717, 1.165) is 27.8 Å². The normalized spacial score (nSPS) is 10.4. The highest BCUT2D eigenvalue weighted by atomic mass is 32.2. The molecular formula is C25H22N2O6S. The van der Waals surface area contributed by atoms with Gasteiger partial charge in [0.1, 0.15) is 0 Å². The highest BCUT2D eigenvalue weighted by molar-refractivity contribution is 8.00. The molecule has 34 heavy (non-hydrogen) atoms. The van der Waals surface area contributed by atoms with Gasteiger partial charge < -0.3 is 20.8 Å². The molecule has 0 unspecified atom stereocenters. The Morgan fingerprint density at radius 1 is 0.824 bits per heavy atom. The Kier molecular flexibility index (Phi) is 7.70. The lowest BCUT2D eigenvalue weighted by Gasteiger charge is -2.11. The highest BCUT2D eigenvalue weighted by Crippen LogP contribution is 2.24. The van der Waals surface area contributed by atoms with Gasteiger partial charge in [0.25, 0.3) is 5.91 Å². The van der Waals surface area contributed by atoms with Gasteiger partial charge in [-0.3, -0.25) is 9.59 Å². The molecule has 2 amide bonds. The predicted molar refractivity (Wildman–Crippen MR) is 130 cm³/mol. The van der Waals surface area contributed by atoms with E-state index < -0.39 is 23.4 Å². The number of aryl methyl sites for hydroxylation is 2. The zero-order valence-electron chi connectivity index (χ0n) is 18.4. The van der Waals surface area contributed by atoms with Crippen molar-refractivity contribution in [3.8, 4) is 0 Å². The molecule has 0 spiro atoms.